The molecule has 1 aromatic rings. The van der Waals surface area contributed by atoms with E-state index in [9.17, 15) is 9.59 Å². The number of piperidine rings is 1. The highest BCUT2D eigenvalue weighted by Crippen LogP contribution is 2.36. The molecular weight excluding hydrogens is 342 g/mol. The average molecular weight is 366 g/mol. The van der Waals surface area contributed by atoms with Gasteiger partial charge >= 0.3 is 0 Å². The summed E-state index contributed by atoms with van der Waals surface area (Å²) in [6.45, 7) is 0.580. The first-order chi connectivity index (χ1) is 12.0. The molecule has 2 saturated heterocycles. The first kappa shape index (κ1) is 18.2. The smallest absolute Gasteiger partial charge is 0.246 e. The van der Waals surface area contributed by atoms with Gasteiger partial charge in [-0.15, -0.1) is 0 Å². The molecule has 25 heavy (non-hydrogen) atoms. The van der Waals surface area contributed by atoms with Crippen LogP contribution < -0.4 is 11.1 Å². The second-order valence-corrected chi connectivity index (χ2v) is 7.32. The van der Waals surface area contributed by atoms with E-state index in [0.29, 0.717) is 12.1 Å². The number of hydrogen-bond acceptors (Lipinski definition) is 4. The van der Waals surface area contributed by atoms with Gasteiger partial charge in [-0.05, 0) is 43.4 Å². The van der Waals surface area contributed by atoms with Gasteiger partial charge in [-0.2, -0.15) is 0 Å². The largest absolute Gasteiger partial charge is 0.368 e. The Morgan fingerprint density at radius 1 is 1.16 bits per heavy atom. The van der Waals surface area contributed by atoms with E-state index in [2.05, 4.69) is 22.3 Å². The minimum Gasteiger partial charge on any atom is -0.368 e. The van der Waals surface area contributed by atoms with E-state index in [0.717, 1.165) is 24.4 Å². The fourth-order valence-electron chi connectivity index (χ4n) is 3.96. The maximum Gasteiger partial charge on any atom is 0.246 e. The number of rotatable bonds is 7. The number of halogens is 1. The van der Waals surface area contributed by atoms with Crippen LogP contribution in [-0.2, 0) is 20.9 Å². The maximum atomic E-state index is 11.9. The summed E-state index contributed by atoms with van der Waals surface area (Å²) in [5, 5.41) is 3.78. The molecule has 0 aliphatic carbocycles. The van der Waals surface area contributed by atoms with Gasteiger partial charge in [0, 0.05) is 29.7 Å². The Hall–Kier alpha value is -1.63. The van der Waals surface area contributed by atoms with Crippen LogP contribution in [0.25, 0.3) is 0 Å². The third-order valence-corrected chi connectivity index (χ3v) is 5.26. The van der Waals surface area contributed by atoms with Crippen LogP contribution in [-0.4, -0.2) is 48.1 Å². The van der Waals surface area contributed by atoms with Crippen molar-refractivity contribution < 1.29 is 14.3 Å². The summed E-state index contributed by atoms with van der Waals surface area (Å²) < 4.78 is 4.97. The zero-order chi connectivity index (χ0) is 17.8. The number of nitrogens with two attached hydrogens (primary N) is 1. The van der Waals surface area contributed by atoms with Crippen molar-refractivity contribution in [3.05, 3.63) is 34.9 Å². The van der Waals surface area contributed by atoms with Gasteiger partial charge < -0.3 is 15.8 Å². The summed E-state index contributed by atoms with van der Waals surface area (Å²) in [5.74, 6) is -0.752. The lowest BCUT2D eigenvalue weighted by Crippen LogP contribution is -2.50. The SMILES string of the molecule is NC(=O)COCC(=O)NC1CC2CCC(C1)N2Cc1ccc(Cl)cc1. The number of carbonyl (C=O) groups is 2. The van der Waals surface area contributed by atoms with Gasteiger partial charge in [0.25, 0.3) is 0 Å². The van der Waals surface area contributed by atoms with Crippen LogP contribution in [0.1, 0.15) is 31.2 Å². The van der Waals surface area contributed by atoms with Crippen molar-refractivity contribution in [2.45, 2.75) is 50.4 Å². The summed E-state index contributed by atoms with van der Waals surface area (Å²) in [6.07, 6.45) is 4.24. The quantitative estimate of drug-likeness (QED) is 0.766. The van der Waals surface area contributed by atoms with Crippen LogP contribution in [0.3, 0.4) is 0 Å². The third kappa shape index (κ3) is 4.93. The van der Waals surface area contributed by atoms with E-state index in [1.165, 1.54) is 18.4 Å². The number of nitrogens with zero attached hydrogens (tertiary/aromatic N) is 1. The number of primary amides is 1. The molecule has 3 N–H and O–H groups in total. The fourth-order valence-corrected chi connectivity index (χ4v) is 4.09. The number of carbonyl (C=O) groups excluding carboxylic acids is 2. The van der Waals surface area contributed by atoms with Crippen molar-refractivity contribution in [3.8, 4) is 0 Å². The number of benzene rings is 1. The van der Waals surface area contributed by atoms with Crippen molar-refractivity contribution in [2.75, 3.05) is 13.2 Å². The molecule has 2 bridgehead atoms. The van der Waals surface area contributed by atoms with E-state index >= 15 is 0 Å². The number of fused-ring (bicyclic) bond motifs is 2. The normalized spacial score (nSPS) is 25.7. The standard InChI is InChI=1S/C18H24ClN3O3/c19-13-3-1-12(2-4-13)9-22-15-5-6-16(22)8-14(7-15)21-18(24)11-25-10-17(20)23/h1-4,14-16H,5-11H2,(H2,20,23)(H,21,24). The highest BCUT2D eigenvalue weighted by Gasteiger charge is 2.40. The molecule has 3 rings (SSSR count). The Morgan fingerprint density at radius 2 is 1.80 bits per heavy atom. The number of ether oxygens (including phenoxy) is 1. The lowest BCUT2D eigenvalue weighted by Gasteiger charge is -2.39. The first-order valence-corrected chi connectivity index (χ1v) is 9.04. The van der Waals surface area contributed by atoms with Crippen molar-refractivity contribution in [1.29, 1.82) is 0 Å². The van der Waals surface area contributed by atoms with E-state index in [-0.39, 0.29) is 25.2 Å². The van der Waals surface area contributed by atoms with Gasteiger partial charge in [-0.3, -0.25) is 14.5 Å². The third-order valence-electron chi connectivity index (χ3n) is 5.01. The molecule has 2 unspecified atom stereocenters. The molecule has 2 atom stereocenters. The van der Waals surface area contributed by atoms with E-state index in [1.807, 2.05) is 12.1 Å². The molecule has 0 saturated carbocycles. The van der Waals surface area contributed by atoms with Crippen LogP contribution in [0.15, 0.2) is 24.3 Å². The summed E-state index contributed by atoms with van der Waals surface area (Å²) in [5.41, 5.74) is 6.25. The molecule has 2 aliphatic heterocycles. The number of nitrogens with one attached hydrogen (secondary N) is 1. The van der Waals surface area contributed by atoms with Gasteiger partial charge in [-0.25, -0.2) is 0 Å². The van der Waals surface area contributed by atoms with Gasteiger partial charge in [0.1, 0.15) is 13.2 Å². The zero-order valence-electron chi connectivity index (χ0n) is 14.1. The van der Waals surface area contributed by atoms with E-state index < -0.39 is 5.91 Å². The molecule has 0 spiro atoms. The Morgan fingerprint density at radius 3 is 2.40 bits per heavy atom. The first-order valence-electron chi connectivity index (χ1n) is 8.67. The predicted octanol–water partition coefficient (Wildman–Crippen LogP) is 1.45. The summed E-state index contributed by atoms with van der Waals surface area (Å²) in [7, 11) is 0. The van der Waals surface area contributed by atoms with Crippen LogP contribution in [0, 0.1) is 0 Å². The second-order valence-electron chi connectivity index (χ2n) is 6.88. The average Bonchev–Trinajstić information content (AvgIpc) is 2.78. The lowest BCUT2D eigenvalue weighted by atomic mass is 9.96. The van der Waals surface area contributed by atoms with E-state index in [1.54, 1.807) is 0 Å². The van der Waals surface area contributed by atoms with Crippen LogP contribution in [0.4, 0.5) is 0 Å². The predicted molar refractivity (Wildman–Crippen MR) is 95.0 cm³/mol. The summed E-state index contributed by atoms with van der Waals surface area (Å²) in [6, 6.07) is 9.16. The Labute approximate surface area is 152 Å². The molecule has 2 heterocycles. The van der Waals surface area contributed by atoms with Gasteiger partial charge in [0.15, 0.2) is 0 Å². The molecule has 6 nitrogen and oxygen atoms in total. The lowest BCUT2D eigenvalue weighted by molar-refractivity contribution is -0.130. The monoisotopic (exact) mass is 365 g/mol. The molecule has 136 valence electrons. The van der Waals surface area contributed by atoms with Crippen molar-refractivity contribution in [3.63, 3.8) is 0 Å². The van der Waals surface area contributed by atoms with E-state index in [4.69, 9.17) is 22.1 Å². The second kappa shape index (κ2) is 8.17. The maximum absolute atomic E-state index is 11.9. The number of hydrogen-bond donors (Lipinski definition) is 2. The molecule has 0 aromatic heterocycles. The minimum absolute atomic E-state index is 0.122. The molecule has 2 aliphatic rings. The summed E-state index contributed by atoms with van der Waals surface area (Å²) >= 11 is 5.96. The highest BCUT2D eigenvalue weighted by atomic mass is 35.5. The molecular formula is C18H24ClN3O3. The van der Waals surface area contributed by atoms with Gasteiger partial charge in [0.05, 0.1) is 0 Å². The summed E-state index contributed by atoms with van der Waals surface area (Å²) in [4.78, 5) is 25.1. The number of amides is 2. The van der Waals surface area contributed by atoms with Crippen LogP contribution in [0.2, 0.25) is 5.02 Å². The Balaban J connectivity index is 1.49. The molecule has 7 heteroatoms. The van der Waals surface area contributed by atoms with Gasteiger partial charge in [0.2, 0.25) is 11.8 Å². The van der Waals surface area contributed by atoms with Gasteiger partial charge in [-0.1, -0.05) is 23.7 Å². The molecule has 2 amide bonds. The van der Waals surface area contributed by atoms with Crippen molar-refractivity contribution >= 4 is 23.4 Å². The zero-order valence-corrected chi connectivity index (χ0v) is 14.9. The van der Waals surface area contributed by atoms with Crippen molar-refractivity contribution in [1.82, 2.24) is 10.2 Å². The van der Waals surface area contributed by atoms with Crippen molar-refractivity contribution in [2.24, 2.45) is 5.73 Å². The molecule has 1 aromatic carbocycles. The fraction of sp³-hybridized carbons (Fsp3) is 0.556. The topological polar surface area (TPSA) is 84.7 Å². The Kier molecular flexibility index (Phi) is 5.93. The molecule has 0 radical (unpaired) electrons. The van der Waals surface area contributed by atoms with Crippen LogP contribution in [0.5, 0.6) is 0 Å². The Bertz CT molecular complexity index is 608. The highest BCUT2D eigenvalue weighted by molar-refractivity contribution is 6.30. The molecule has 2 fully saturated rings. The van der Waals surface area contributed by atoms with Crippen LogP contribution >= 0.6 is 11.6 Å². The minimum atomic E-state index is -0.568.